The Labute approximate surface area is 145 Å². The van der Waals surface area contributed by atoms with Crippen LogP contribution in [0.3, 0.4) is 0 Å². The molecule has 0 aromatic heterocycles. The Morgan fingerprint density at radius 1 is 1.12 bits per heavy atom. The molecule has 0 saturated heterocycles. The molecule has 1 saturated carbocycles. The van der Waals surface area contributed by atoms with Crippen LogP contribution in [0, 0.1) is 10.1 Å². The topological polar surface area (TPSA) is 75.5 Å². The molecule has 1 N–H and O–H groups in total. The van der Waals surface area contributed by atoms with Gasteiger partial charge in [0.1, 0.15) is 0 Å². The molecule has 1 aliphatic heterocycles. The lowest BCUT2D eigenvalue weighted by molar-refractivity contribution is -0.384. The zero-order chi connectivity index (χ0) is 17.4. The third kappa shape index (κ3) is 2.95. The molecule has 0 bridgehead atoms. The molecule has 2 aromatic carbocycles. The van der Waals surface area contributed by atoms with Gasteiger partial charge in [0.2, 0.25) is 0 Å². The van der Waals surface area contributed by atoms with E-state index >= 15 is 0 Å². The maximum Gasteiger partial charge on any atom is 0.269 e. The van der Waals surface area contributed by atoms with Gasteiger partial charge in [0.15, 0.2) is 0 Å². The standard InChI is InChI=1S/C19H19N3O3/c23-19-18-9-8-17(22(24)25)10-13(18)12-21(19)16-7-3-6-15(11-16)20-14-4-1-2-5-14/h3,6-11,14,20H,1-2,4-5,12H2. The molecule has 25 heavy (non-hydrogen) atoms. The van der Waals surface area contributed by atoms with Crippen LogP contribution in [0.5, 0.6) is 0 Å². The normalized spacial score (nSPS) is 17.0. The summed E-state index contributed by atoms with van der Waals surface area (Å²) in [5.41, 5.74) is 3.09. The number of anilines is 2. The number of nitrogens with zero attached hydrogens (tertiary/aromatic N) is 2. The quantitative estimate of drug-likeness (QED) is 0.673. The number of nitrogens with one attached hydrogen (secondary N) is 1. The maximum absolute atomic E-state index is 12.7. The Balaban J connectivity index is 1.58. The molecule has 128 valence electrons. The second kappa shape index (κ2) is 6.20. The third-order valence-corrected chi connectivity index (χ3v) is 4.99. The monoisotopic (exact) mass is 337 g/mol. The summed E-state index contributed by atoms with van der Waals surface area (Å²) in [6.45, 7) is 0.364. The predicted molar refractivity (Wildman–Crippen MR) is 95.9 cm³/mol. The highest BCUT2D eigenvalue weighted by atomic mass is 16.6. The summed E-state index contributed by atoms with van der Waals surface area (Å²) < 4.78 is 0. The van der Waals surface area contributed by atoms with Crippen molar-refractivity contribution in [1.82, 2.24) is 0 Å². The van der Waals surface area contributed by atoms with Crippen LogP contribution >= 0.6 is 0 Å². The minimum absolute atomic E-state index is 0.0186. The van der Waals surface area contributed by atoms with Crippen molar-refractivity contribution in [2.24, 2.45) is 0 Å². The molecule has 1 amide bonds. The fourth-order valence-corrected chi connectivity index (χ4v) is 3.70. The summed E-state index contributed by atoms with van der Waals surface area (Å²) >= 11 is 0. The van der Waals surface area contributed by atoms with Gasteiger partial charge in [0.25, 0.3) is 11.6 Å². The molecule has 0 atom stereocenters. The molecule has 4 rings (SSSR count). The summed E-state index contributed by atoms with van der Waals surface area (Å²) in [5, 5.41) is 14.5. The smallest absolute Gasteiger partial charge is 0.269 e. The molecular weight excluding hydrogens is 318 g/mol. The Morgan fingerprint density at radius 3 is 2.68 bits per heavy atom. The fourth-order valence-electron chi connectivity index (χ4n) is 3.70. The number of hydrogen-bond donors (Lipinski definition) is 1. The number of benzene rings is 2. The van der Waals surface area contributed by atoms with E-state index in [0.717, 1.165) is 11.4 Å². The van der Waals surface area contributed by atoms with Gasteiger partial charge in [-0.25, -0.2) is 0 Å². The Bertz CT molecular complexity index is 844. The molecule has 1 aliphatic carbocycles. The first-order valence-corrected chi connectivity index (χ1v) is 8.57. The number of nitro benzene ring substituents is 1. The molecule has 0 radical (unpaired) electrons. The largest absolute Gasteiger partial charge is 0.382 e. The molecule has 6 nitrogen and oxygen atoms in total. The highest BCUT2D eigenvalue weighted by Crippen LogP contribution is 2.32. The Kier molecular flexibility index (Phi) is 3.87. The summed E-state index contributed by atoms with van der Waals surface area (Å²) in [4.78, 5) is 24.9. The molecular formula is C19H19N3O3. The Morgan fingerprint density at radius 2 is 1.92 bits per heavy atom. The van der Waals surface area contributed by atoms with Crippen LogP contribution in [0.15, 0.2) is 42.5 Å². The third-order valence-electron chi connectivity index (χ3n) is 4.99. The van der Waals surface area contributed by atoms with E-state index in [4.69, 9.17) is 0 Å². The summed E-state index contributed by atoms with van der Waals surface area (Å²) in [6.07, 6.45) is 4.88. The van der Waals surface area contributed by atoms with Crippen molar-refractivity contribution in [2.45, 2.75) is 38.3 Å². The molecule has 1 fully saturated rings. The van der Waals surface area contributed by atoms with Crippen molar-refractivity contribution in [3.63, 3.8) is 0 Å². The van der Waals surface area contributed by atoms with Crippen molar-refractivity contribution >= 4 is 23.0 Å². The van der Waals surface area contributed by atoms with Crippen molar-refractivity contribution in [1.29, 1.82) is 0 Å². The van der Waals surface area contributed by atoms with Crippen molar-refractivity contribution in [3.8, 4) is 0 Å². The van der Waals surface area contributed by atoms with Gasteiger partial charge in [0, 0.05) is 35.1 Å². The average Bonchev–Trinajstić information content (AvgIpc) is 3.23. The lowest BCUT2D eigenvalue weighted by Gasteiger charge is -2.19. The van der Waals surface area contributed by atoms with Gasteiger partial charge < -0.3 is 10.2 Å². The number of amides is 1. The number of carbonyl (C=O) groups excluding carboxylic acids is 1. The van der Waals surface area contributed by atoms with Crippen LogP contribution in [0.2, 0.25) is 0 Å². The zero-order valence-electron chi connectivity index (χ0n) is 13.8. The van der Waals surface area contributed by atoms with Crippen molar-refractivity contribution < 1.29 is 9.72 Å². The van der Waals surface area contributed by atoms with E-state index in [-0.39, 0.29) is 11.6 Å². The van der Waals surface area contributed by atoms with Gasteiger partial charge >= 0.3 is 0 Å². The number of non-ortho nitro benzene ring substituents is 1. The van der Waals surface area contributed by atoms with E-state index in [0.29, 0.717) is 23.7 Å². The van der Waals surface area contributed by atoms with Crippen LogP contribution in [0.4, 0.5) is 17.1 Å². The predicted octanol–water partition coefficient (Wildman–Crippen LogP) is 4.11. The molecule has 0 spiro atoms. The summed E-state index contributed by atoms with van der Waals surface area (Å²) in [7, 11) is 0. The Hall–Kier alpha value is -2.89. The lowest BCUT2D eigenvalue weighted by atomic mass is 10.1. The van der Waals surface area contributed by atoms with E-state index in [1.54, 1.807) is 11.0 Å². The van der Waals surface area contributed by atoms with Crippen LogP contribution in [0.25, 0.3) is 0 Å². The van der Waals surface area contributed by atoms with Gasteiger partial charge in [-0.05, 0) is 42.7 Å². The fraction of sp³-hybridized carbons (Fsp3) is 0.316. The first-order chi connectivity index (χ1) is 12.1. The second-order valence-electron chi connectivity index (χ2n) is 6.67. The van der Waals surface area contributed by atoms with Crippen molar-refractivity contribution in [3.05, 3.63) is 63.7 Å². The number of carbonyl (C=O) groups is 1. The van der Waals surface area contributed by atoms with Gasteiger partial charge in [-0.3, -0.25) is 14.9 Å². The first kappa shape index (κ1) is 15.6. The SMILES string of the molecule is O=C1c2ccc([N+](=O)[O-])cc2CN1c1cccc(NC2CCCC2)c1. The van der Waals surface area contributed by atoms with E-state index in [2.05, 4.69) is 5.32 Å². The lowest BCUT2D eigenvalue weighted by Crippen LogP contribution is -2.23. The molecule has 0 unspecified atom stereocenters. The van der Waals surface area contributed by atoms with E-state index in [1.807, 2.05) is 24.3 Å². The second-order valence-corrected chi connectivity index (χ2v) is 6.67. The number of hydrogen-bond acceptors (Lipinski definition) is 4. The number of nitro groups is 1. The maximum atomic E-state index is 12.7. The zero-order valence-corrected chi connectivity index (χ0v) is 13.8. The highest BCUT2D eigenvalue weighted by molar-refractivity contribution is 6.10. The van der Waals surface area contributed by atoms with Crippen molar-refractivity contribution in [2.75, 3.05) is 10.2 Å². The van der Waals surface area contributed by atoms with E-state index in [9.17, 15) is 14.9 Å². The minimum Gasteiger partial charge on any atom is -0.382 e. The van der Waals surface area contributed by atoms with Crippen LogP contribution in [-0.4, -0.2) is 16.9 Å². The average molecular weight is 337 g/mol. The molecule has 6 heteroatoms. The van der Waals surface area contributed by atoms with Gasteiger partial charge in [-0.15, -0.1) is 0 Å². The number of fused-ring (bicyclic) bond motifs is 1. The van der Waals surface area contributed by atoms with E-state index < -0.39 is 4.92 Å². The molecule has 2 aromatic rings. The minimum atomic E-state index is -0.431. The van der Waals surface area contributed by atoms with Gasteiger partial charge in [-0.1, -0.05) is 18.9 Å². The summed E-state index contributed by atoms with van der Waals surface area (Å²) in [5.74, 6) is -0.108. The molecule has 1 heterocycles. The van der Waals surface area contributed by atoms with Crippen LogP contribution in [-0.2, 0) is 6.54 Å². The van der Waals surface area contributed by atoms with E-state index in [1.165, 1.54) is 37.8 Å². The van der Waals surface area contributed by atoms with Crippen LogP contribution in [0.1, 0.15) is 41.6 Å². The molecule has 2 aliphatic rings. The highest BCUT2D eigenvalue weighted by Gasteiger charge is 2.30. The van der Waals surface area contributed by atoms with Gasteiger partial charge in [0.05, 0.1) is 11.5 Å². The number of rotatable bonds is 4. The first-order valence-electron chi connectivity index (χ1n) is 8.57. The van der Waals surface area contributed by atoms with Gasteiger partial charge in [-0.2, -0.15) is 0 Å². The summed E-state index contributed by atoms with van der Waals surface area (Å²) in [6, 6.07) is 12.8. The van der Waals surface area contributed by atoms with Crippen LogP contribution < -0.4 is 10.2 Å².